The van der Waals surface area contributed by atoms with Gasteiger partial charge in [0.2, 0.25) is 0 Å². The summed E-state index contributed by atoms with van der Waals surface area (Å²) in [5.41, 5.74) is 2.30. The Labute approximate surface area is 138 Å². The zero-order chi connectivity index (χ0) is 16.2. The Hall–Kier alpha value is -2.34. The molecule has 0 spiro atoms. The van der Waals surface area contributed by atoms with Crippen LogP contribution in [0.2, 0.25) is 5.02 Å². The molecule has 2 aromatic rings. The van der Waals surface area contributed by atoms with Crippen LogP contribution in [0.5, 0.6) is 0 Å². The van der Waals surface area contributed by atoms with Crippen molar-refractivity contribution >= 4 is 23.3 Å². The molecule has 1 saturated heterocycles. The Kier molecular flexibility index (Phi) is 4.62. The van der Waals surface area contributed by atoms with Gasteiger partial charge >= 0.3 is 6.03 Å². The summed E-state index contributed by atoms with van der Waals surface area (Å²) < 4.78 is 13.6. The predicted molar refractivity (Wildman–Crippen MR) is 86.8 cm³/mol. The molecule has 0 aliphatic carbocycles. The smallest absolute Gasteiger partial charge is 0.317 e. The molecular formula is C16H16ClFN4O. The molecule has 1 aromatic heterocycles. The van der Waals surface area contributed by atoms with Crippen molar-refractivity contribution in [1.29, 1.82) is 0 Å². The van der Waals surface area contributed by atoms with Gasteiger partial charge in [0, 0.05) is 32.4 Å². The molecule has 1 aliphatic heterocycles. The van der Waals surface area contributed by atoms with E-state index in [0.29, 0.717) is 19.6 Å². The normalized spacial score (nSPS) is 14.0. The molecule has 5 nitrogen and oxygen atoms in total. The van der Waals surface area contributed by atoms with E-state index in [1.165, 1.54) is 6.20 Å². The van der Waals surface area contributed by atoms with Gasteiger partial charge in [-0.05, 0) is 11.1 Å². The number of nitrogens with one attached hydrogen (secondary N) is 2. The average molecular weight is 335 g/mol. The number of hydrogen-bond donors (Lipinski definition) is 2. The van der Waals surface area contributed by atoms with Crippen molar-refractivity contribution < 1.29 is 9.18 Å². The molecule has 0 radical (unpaired) electrons. The number of pyridine rings is 1. The number of benzene rings is 1. The number of halogens is 2. The molecule has 0 unspecified atom stereocenters. The first-order chi connectivity index (χ1) is 11.1. The van der Waals surface area contributed by atoms with Gasteiger partial charge in [-0.1, -0.05) is 35.9 Å². The minimum absolute atomic E-state index is 0.0291. The lowest BCUT2D eigenvalue weighted by Gasteiger charge is -2.14. The number of urea groups is 1. The van der Waals surface area contributed by atoms with Crippen molar-refractivity contribution in [2.24, 2.45) is 0 Å². The third kappa shape index (κ3) is 3.71. The summed E-state index contributed by atoms with van der Waals surface area (Å²) >= 11 is 5.92. The number of carbonyl (C=O) groups excluding carboxylic acids is 1. The fraction of sp³-hybridized carbons (Fsp3) is 0.250. The lowest BCUT2D eigenvalue weighted by atomic mass is 10.1. The van der Waals surface area contributed by atoms with Gasteiger partial charge in [-0.25, -0.2) is 9.18 Å². The van der Waals surface area contributed by atoms with Crippen molar-refractivity contribution in [3.05, 3.63) is 58.6 Å². The SMILES string of the molecule is O=C1NCCN1Cc1ccc(CNc2c(F)cncc2Cl)cc1. The number of aromatic nitrogens is 1. The largest absolute Gasteiger partial charge is 0.377 e. The van der Waals surface area contributed by atoms with E-state index in [2.05, 4.69) is 15.6 Å². The van der Waals surface area contributed by atoms with Crippen molar-refractivity contribution in [3.63, 3.8) is 0 Å². The number of amides is 2. The maximum absolute atomic E-state index is 13.6. The first-order valence-corrected chi connectivity index (χ1v) is 7.65. The van der Waals surface area contributed by atoms with Gasteiger partial charge in [0.25, 0.3) is 0 Å². The summed E-state index contributed by atoms with van der Waals surface area (Å²) in [5, 5.41) is 6.00. The van der Waals surface area contributed by atoms with Crippen LogP contribution in [0.25, 0.3) is 0 Å². The number of anilines is 1. The Morgan fingerprint density at radius 2 is 2.00 bits per heavy atom. The van der Waals surface area contributed by atoms with E-state index in [4.69, 9.17) is 11.6 Å². The van der Waals surface area contributed by atoms with Gasteiger partial charge in [0.1, 0.15) is 0 Å². The van der Waals surface area contributed by atoms with E-state index in [0.717, 1.165) is 23.9 Å². The van der Waals surface area contributed by atoms with Crippen LogP contribution in [-0.2, 0) is 13.1 Å². The molecule has 1 aromatic carbocycles. The average Bonchev–Trinajstić information content (AvgIpc) is 2.93. The third-order valence-electron chi connectivity index (χ3n) is 3.66. The minimum atomic E-state index is -0.478. The summed E-state index contributed by atoms with van der Waals surface area (Å²) in [6.07, 6.45) is 2.52. The second-order valence-electron chi connectivity index (χ2n) is 5.30. The van der Waals surface area contributed by atoms with E-state index < -0.39 is 5.82 Å². The standard InChI is InChI=1S/C16H16ClFN4O/c17-13-8-19-9-14(18)15(13)21-7-11-1-3-12(4-2-11)10-22-6-5-20-16(22)23/h1-4,8-9H,5-7,10H2,(H,19,21)(H,20,23). The summed E-state index contributed by atoms with van der Waals surface area (Å²) in [5.74, 6) is -0.478. The number of nitrogens with zero attached hydrogens (tertiary/aromatic N) is 2. The van der Waals surface area contributed by atoms with Gasteiger partial charge in [-0.2, -0.15) is 0 Å². The molecule has 0 atom stereocenters. The van der Waals surface area contributed by atoms with Gasteiger partial charge in [-0.15, -0.1) is 0 Å². The second kappa shape index (κ2) is 6.83. The highest BCUT2D eigenvalue weighted by atomic mass is 35.5. The first-order valence-electron chi connectivity index (χ1n) is 7.27. The van der Waals surface area contributed by atoms with Gasteiger partial charge in [-0.3, -0.25) is 4.98 Å². The van der Waals surface area contributed by atoms with E-state index in [1.54, 1.807) is 4.90 Å². The molecule has 3 rings (SSSR count). The first kappa shape index (κ1) is 15.6. The molecule has 2 N–H and O–H groups in total. The molecule has 120 valence electrons. The zero-order valence-corrected chi connectivity index (χ0v) is 13.1. The minimum Gasteiger partial charge on any atom is -0.377 e. The Balaban J connectivity index is 1.60. The molecule has 2 amide bonds. The predicted octanol–water partition coefficient (Wildman–Crippen LogP) is 3.01. The maximum Gasteiger partial charge on any atom is 0.317 e. The Morgan fingerprint density at radius 1 is 1.26 bits per heavy atom. The van der Waals surface area contributed by atoms with Crippen LogP contribution in [0.15, 0.2) is 36.7 Å². The zero-order valence-electron chi connectivity index (χ0n) is 12.4. The number of carbonyl (C=O) groups is 1. The van der Waals surface area contributed by atoms with Gasteiger partial charge < -0.3 is 15.5 Å². The fourth-order valence-electron chi connectivity index (χ4n) is 2.42. The van der Waals surface area contributed by atoms with Gasteiger partial charge in [0.05, 0.1) is 16.9 Å². The summed E-state index contributed by atoms with van der Waals surface area (Å²) in [7, 11) is 0. The number of rotatable bonds is 5. The van der Waals surface area contributed by atoms with Crippen LogP contribution in [0.4, 0.5) is 14.9 Å². The highest BCUT2D eigenvalue weighted by Gasteiger charge is 2.19. The van der Waals surface area contributed by atoms with Crippen LogP contribution in [0.1, 0.15) is 11.1 Å². The molecule has 0 bridgehead atoms. The quantitative estimate of drug-likeness (QED) is 0.883. The lowest BCUT2D eigenvalue weighted by Crippen LogP contribution is -2.27. The van der Waals surface area contributed by atoms with Crippen LogP contribution in [-0.4, -0.2) is 29.0 Å². The summed E-state index contributed by atoms with van der Waals surface area (Å²) in [4.78, 5) is 17.0. The third-order valence-corrected chi connectivity index (χ3v) is 3.95. The monoisotopic (exact) mass is 334 g/mol. The molecular weight excluding hydrogens is 319 g/mol. The van der Waals surface area contributed by atoms with Crippen molar-refractivity contribution in [2.45, 2.75) is 13.1 Å². The van der Waals surface area contributed by atoms with Crippen LogP contribution >= 0.6 is 11.6 Å². The van der Waals surface area contributed by atoms with Crippen molar-refractivity contribution in [3.8, 4) is 0 Å². The van der Waals surface area contributed by atoms with Crippen molar-refractivity contribution in [2.75, 3.05) is 18.4 Å². The fourth-order valence-corrected chi connectivity index (χ4v) is 2.63. The second-order valence-corrected chi connectivity index (χ2v) is 5.71. The molecule has 7 heteroatoms. The highest BCUT2D eigenvalue weighted by Crippen LogP contribution is 2.24. The molecule has 23 heavy (non-hydrogen) atoms. The van der Waals surface area contributed by atoms with Crippen LogP contribution in [0.3, 0.4) is 0 Å². The highest BCUT2D eigenvalue weighted by molar-refractivity contribution is 6.33. The molecule has 1 aliphatic rings. The van der Waals surface area contributed by atoms with E-state index in [-0.39, 0.29) is 16.7 Å². The Bertz CT molecular complexity index is 687. The maximum atomic E-state index is 13.6. The summed E-state index contributed by atoms with van der Waals surface area (Å²) in [6.45, 7) is 2.45. The molecule has 1 fully saturated rings. The summed E-state index contributed by atoms with van der Waals surface area (Å²) in [6, 6.07) is 7.80. The van der Waals surface area contributed by atoms with Crippen LogP contribution < -0.4 is 10.6 Å². The number of hydrogen-bond acceptors (Lipinski definition) is 3. The Morgan fingerprint density at radius 3 is 2.65 bits per heavy atom. The topological polar surface area (TPSA) is 57.3 Å². The van der Waals surface area contributed by atoms with E-state index >= 15 is 0 Å². The lowest BCUT2D eigenvalue weighted by molar-refractivity contribution is 0.215. The van der Waals surface area contributed by atoms with Crippen LogP contribution in [0, 0.1) is 5.82 Å². The van der Waals surface area contributed by atoms with E-state index in [1.807, 2.05) is 24.3 Å². The van der Waals surface area contributed by atoms with Gasteiger partial charge in [0.15, 0.2) is 5.82 Å². The van der Waals surface area contributed by atoms with E-state index in [9.17, 15) is 9.18 Å². The molecule has 2 heterocycles. The van der Waals surface area contributed by atoms with Crippen molar-refractivity contribution in [1.82, 2.24) is 15.2 Å². The molecule has 0 saturated carbocycles.